The van der Waals surface area contributed by atoms with E-state index in [-0.39, 0.29) is 0 Å². The third-order valence-electron chi connectivity index (χ3n) is 2.31. The summed E-state index contributed by atoms with van der Waals surface area (Å²) in [5.41, 5.74) is 2.73. The van der Waals surface area contributed by atoms with Crippen LogP contribution in [0, 0.1) is 0 Å². The van der Waals surface area contributed by atoms with Gasteiger partial charge < -0.3 is 10.1 Å². The zero-order valence-electron chi connectivity index (χ0n) is 7.97. The van der Waals surface area contributed by atoms with Gasteiger partial charge in [0.2, 0.25) is 0 Å². The van der Waals surface area contributed by atoms with Gasteiger partial charge in [-0.15, -0.1) is 0 Å². The van der Waals surface area contributed by atoms with Crippen molar-refractivity contribution in [3.63, 3.8) is 0 Å². The Kier molecular flexibility index (Phi) is 2.50. The molecular weight excluding hydrogens is 162 g/mol. The van der Waals surface area contributed by atoms with Gasteiger partial charge in [-0.3, -0.25) is 0 Å². The second-order valence-electron chi connectivity index (χ2n) is 3.35. The zero-order chi connectivity index (χ0) is 9.10. The van der Waals surface area contributed by atoms with Gasteiger partial charge in [-0.25, -0.2) is 0 Å². The molecule has 0 radical (unpaired) electrons. The molecule has 0 unspecified atom stereocenters. The van der Waals surface area contributed by atoms with Gasteiger partial charge >= 0.3 is 0 Å². The fraction of sp³-hybridized carbons (Fsp3) is 0.455. The lowest BCUT2D eigenvalue weighted by molar-refractivity contribution is 0.314. The highest BCUT2D eigenvalue weighted by atomic mass is 16.5. The van der Waals surface area contributed by atoms with Crippen LogP contribution in [0.5, 0.6) is 5.75 Å². The number of fused-ring (bicyclic) bond motifs is 1. The van der Waals surface area contributed by atoms with E-state index in [1.807, 2.05) is 0 Å². The lowest BCUT2D eigenvalue weighted by Crippen LogP contribution is -2.01. The van der Waals surface area contributed by atoms with Gasteiger partial charge in [-0.2, -0.15) is 0 Å². The molecule has 0 spiro atoms. The Bertz CT molecular complexity index is 296. The summed E-state index contributed by atoms with van der Waals surface area (Å²) in [4.78, 5) is 0. The normalized spacial score (nSPS) is 14.2. The van der Waals surface area contributed by atoms with Crippen LogP contribution < -0.4 is 10.1 Å². The summed E-state index contributed by atoms with van der Waals surface area (Å²) in [7, 11) is 0. The predicted octanol–water partition coefficient (Wildman–Crippen LogP) is 2.08. The van der Waals surface area contributed by atoms with Crippen LogP contribution in [0.15, 0.2) is 18.2 Å². The molecule has 2 nitrogen and oxygen atoms in total. The maximum absolute atomic E-state index is 5.66. The van der Waals surface area contributed by atoms with Crippen molar-refractivity contribution in [2.75, 3.05) is 6.61 Å². The van der Waals surface area contributed by atoms with Crippen LogP contribution in [0.2, 0.25) is 0 Å². The lowest BCUT2D eigenvalue weighted by Gasteiger charge is -2.08. The van der Waals surface area contributed by atoms with E-state index in [0.29, 0.717) is 0 Å². The van der Waals surface area contributed by atoms with Crippen LogP contribution in [-0.4, -0.2) is 6.61 Å². The minimum atomic E-state index is 0.816. The van der Waals surface area contributed by atoms with Crippen molar-refractivity contribution >= 4 is 0 Å². The number of rotatable bonds is 3. The Morgan fingerprint density at radius 2 is 2.31 bits per heavy atom. The first kappa shape index (κ1) is 8.57. The summed E-state index contributed by atoms with van der Waals surface area (Å²) in [5.74, 6) is 1.06. The topological polar surface area (TPSA) is 21.3 Å². The number of hydrogen-bond acceptors (Lipinski definition) is 2. The van der Waals surface area contributed by atoms with E-state index in [4.69, 9.17) is 4.74 Å². The second kappa shape index (κ2) is 3.79. The largest absolute Gasteiger partial charge is 0.493 e. The average Bonchev–Trinajstić information content (AvgIpc) is 2.62. The first-order chi connectivity index (χ1) is 6.42. The maximum Gasteiger partial charge on any atom is 0.124 e. The highest BCUT2D eigenvalue weighted by Crippen LogP contribution is 2.25. The Labute approximate surface area is 78.9 Å². The van der Waals surface area contributed by atoms with Gasteiger partial charge in [-0.05, 0) is 18.1 Å². The fourth-order valence-corrected chi connectivity index (χ4v) is 1.65. The minimum Gasteiger partial charge on any atom is -0.493 e. The fourth-order valence-electron chi connectivity index (χ4n) is 1.65. The third kappa shape index (κ3) is 1.68. The van der Waals surface area contributed by atoms with E-state index in [2.05, 4.69) is 30.4 Å². The Balaban J connectivity index is 2.20. The number of hydrogen-bond donors (Lipinski definition) is 1. The minimum absolute atomic E-state index is 0.816. The second-order valence-corrected chi connectivity index (χ2v) is 3.35. The molecule has 1 aromatic rings. The van der Waals surface area contributed by atoms with Crippen LogP contribution in [-0.2, 0) is 13.1 Å². The van der Waals surface area contributed by atoms with Crippen molar-refractivity contribution in [3.8, 4) is 5.75 Å². The molecule has 0 bridgehead atoms. The number of ether oxygens (including phenoxy) is 1. The summed E-state index contributed by atoms with van der Waals surface area (Å²) < 4.78 is 5.66. The molecule has 0 aromatic heterocycles. The standard InChI is InChI=1S/C11H15NO/c1-2-6-13-11-5-3-4-9-7-12-8-10(9)11/h3-5,12H,2,6-8H2,1H3. The zero-order valence-corrected chi connectivity index (χ0v) is 7.97. The molecule has 0 saturated carbocycles. The summed E-state index contributed by atoms with van der Waals surface area (Å²) >= 11 is 0. The summed E-state index contributed by atoms with van der Waals surface area (Å²) in [5, 5.41) is 3.32. The smallest absolute Gasteiger partial charge is 0.124 e. The Morgan fingerprint density at radius 3 is 3.15 bits per heavy atom. The Morgan fingerprint density at radius 1 is 1.38 bits per heavy atom. The molecule has 1 aliphatic heterocycles. The SMILES string of the molecule is CCCOc1cccc2c1CNC2. The van der Waals surface area contributed by atoms with Gasteiger partial charge in [-0.1, -0.05) is 19.1 Å². The third-order valence-corrected chi connectivity index (χ3v) is 2.31. The first-order valence-electron chi connectivity index (χ1n) is 4.86. The van der Waals surface area contributed by atoms with E-state index in [1.54, 1.807) is 0 Å². The van der Waals surface area contributed by atoms with Crippen molar-refractivity contribution in [2.45, 2.75) is 26.4 Å². The monoisotopic (exact) mass is 177 g/mol. The molecule has 1 aromatic carbocycles. The molecule has 1 aliphatic rings. The van der Waals surface area contributed by atoms with E-state index in [0.717, 1.165) is 31.9 Å². The molecule has 13 heavy (non-hydrogen) atoms. The van der Waals surface area contributed by atoms with Crippen molar-refractivity contribution < 1.29 is 4.74 Å². The van der Waals surface area contributed by atoms with Crippen molar-refractivity contribution in [2.24, 2.45) is 0 Å². The average molecular weight is 177 g/mol. The van der Waals surface area contributed by atoms with Crippen molar-refractivity contribution in [3.05, 3.63) is 29.3 Å². The lowest BCUT2D eigenvalue weighted by atomic mass is 10.1. The van der Waals surface area contributed by atoms with Crippen LogP contribution in [0.1, 0.15) is 24.5 Å². The molecule has 2 heteroatoms. The maximum atomic E-state index is 5.66. The van der Waals surface area contributed by atoms with E-state index >= 15 is 0 Å². The van der Waals surface area contributed by atoms with E-state index < -0.39 is 0 Å². The quantitative estimate of drug-likeness (QED) is 0.763. The molecule has 0 aliphatic carbocycles. The predicted molar refractivity (Wildman–Crippen MR) is 52.8 cm³/mol. The van der Waals surface area contributed by atoms with Crippen LogP contribution >= 0.6 is 0 Å². The molecule has 0 fully saturated rings. The molecule has 2 rings (SSSR count). The molecule has 1 N–H and O–H groups in total. The highest BCUT2D eigenvalue weighted by Gasteiger charge is 2.13. The molecule has 0 amide bonds. The molecule has 1 heterocycles. The molecule has 0 atom stereocenters. The van der Waals surface area contributed by atoms with Crippen molar-refractivity contribution in [1.29, 1.82) is 0 Å². The highest BCUT2D eigenvalue weighted by molar-refractivity contribution is 5.42. The Hall–Kier alpha value is -1.02. The van der Waals surface area contributed by atoms with E-state index in [9.17, 15) is 0 Å². The molecule has 70 valence electrons. The van der Waals surface area contributed by atoms with Crippen molar-refractivity contribution in [1.82, 2.24) is 5.32 Å². The van der Waals surface area contributed by atoms with Crippen LogP contribution in [0.25, 0.3) is 0 Å². The van der Waals surface area contributed by atoms with Crippen LogP contribution in [0.3, 0.4) is 0 Å². The first-order valence-corrected chi connectivity index (χ1v) is 4.86. The van der Waals surface area contributed by atoms with Gasteiger partial charge in [0.15, 0.2) is 0 Å². The summed E-state index contributed by atoms with van der Waals surface area (Å²) in [6.45, 7) is 4.88. The van der Waals surface area contributed by atoms with Gasteiger partial charge in [0.25, 0.3) is 0 Å². The summed E-state index contributed by atoms with van der Waals surface area (Å²) in [6, 6.07) is 6.28. The number of nitrogens with one attached hydrogen (secondary N) is 1. The molecular formula is C11H15NO. The van der Waals surface area contributed by atoms with E-state index in [1.165, 1.54) is 11.1 Å². The van der Waals surface area contributed by atoms with Gasteiger partial charge in [0, 0.05) is 18.7 Å². The number of benzene rings is 1. The molecule has 0 saturated heterocycles. The van der Waals surface area contributed by atoms with Crippen LogP contribution in [0.4, 0.5) is 0 Å². The van der Waals surface area contributed by atoms with Gasteiger partial charge in [0.05, 0.1) is 6.61 Å². The van der Waals surface area contributed by atoms with Gasteiger partial charge in [0.1, 0.15) is 5.75 Å². The summed E-state index contributed by atoms with van der Waals surface area (Å²) in [6.07, 6.45) is 1.07.